The standard InChI is InChI=1S/C18H19NO3S/c1-20-14-9-12(10-15(21-2)18(14)22-3)17-16(19-17)11-5-7-13(23-4)8-6-11/h5-10,16H,1-4H3. The van der Waals surface area contributed by atoms with Crippen molar-refractivity contribution in [2.24, 2.45) is 4.99 Å². The molecule has 2 aromatic carbocycles. The molecule has 1 aliphatic rings. The second kappa shape index (κ2) is 6.54. The number of aliphatic imine (C=N–C) groups is 1. The van der Waals surface area contributed by atoms with Crippen molar-refractivity contribution < 1.29 is 14.2 Å². The number of hydrogen-bond donors (Lipinski definition) is 0. The maximum Gasteiger partial charge on any atom is 0.203 e. The lowest BCUT2D eigenvalue weighted by Gasteiger charge is -2.13. The van der Waals surface area contributed by atoms with E-state index in [1.165, 1.54) is 10.5 Å². The van der Waals surface area contributed by atoms with E-state index in [9.17, 15) is 0 Å². The van der Waals surface area contributed by atoms with Gasteiger partial charge in [-0.1, -0.05) is 12.1 Å². The van der Waals surface area contributed by atoms with Crippen LogP contribution < -0.4 is 14.2 Å². The Morgan fingerprint density at radius 2 is 1.52 bits per heavy atom. The van der Waals surface area contributed by atoms with Gasteiger partial charge in [-0.25, -0.2) is 0 Å². The summed E-state index contributed by atoms with van der Waals surface area (Å²) in [6.45, 7) is 0. The molecule has 4 nitrogen and oxygen atoms in total. The molecule has 0 N–H and O–H groups in total. The van der Waals surface area contributed by atoms with Gasteiger partial charge in [-0.15, -0.1) is 11.8 Å². The highest BCUT2D eigenvalue weighted by atomic mass is 32.2. The normalized spacial score (nSPS) is 15.8. The maximum absolute atomic E-state index is 5.41. The van der Waals surface area contributed by atoms with E-state index in [2.05, 4.69) is 35.5 Å². The van der Waals surface area contributed by atoms with Gasteiger partial charge in [0.2, 0.25) is 5.75 Å². The first-order chi connectivity index (χ1) is 11.2. The Morgan fingerprint density at radius 3 is 2.00 bits per heavy atom. The van der Waals surface area contributed by atoms with Gasteiger partial charge in [-0.3, -0.25) is 4.99 Å². The summed E-state index contributed by atoms with van der Waals surface area (Å²) in [5.41, 5.74) is 3.24. The molecule has 120 valence electrons. The molecule has 0 radical (unpaired) electrons. The van der Waals surface area contributed by atoms with Crippen molar-refractivity contribution in [2.75, 3.05) is 27.6 Å². The number of benzene rings is 2. The first kappa shape index (κ1) is 15.7. The van der Waals surface area contributed by atoms with E-state index in [0.717, 1.165) is 11.3 Å². The third kappa shape index (κ3) is 3.01. The number of methoxy groups -OCH3 is 3. The molecule has 0 bridgehead atoms. The SMILES string of the molecule is COc1cc(C2=NC2c2ccc(SC)cc2)cc(OC)c1OC. The van der Waals surface area contributed by atoms with Crippen LogP contribution in [-0.2, 0) is 0 Å². The Balaban J connectivity index is 1.87. The molecule has 1 aliphatic heterocycles. The molecule has 2 aromatic rings. The average Bonchev–Trinajstić information content (AvgIpc) is 3.41. The summed E-state index contributed by atoms with van der Waals surface area (Å²) in [5.74, 6) is 1.89. The van der Waals surface area contributed by atoms with Gasteiger partial charge in [0.05, 0.1) is 27.0 Å². The predicted molar refractivity (Wildman–Crippen MR) is 93.6 cm³/mol. The average molecular weight is 329 g/mol. The Bertz CT molecular complexity index is 715. The van der Waals surface area contributed by atoms with E-state index < -0.39 is 0 Å². The Kier molecular flexibility index (Phi) is 4.48. The summed E-state index contributed by atoms with van der Waals surface area (Å²) < 4.78 is 16.2. The largest absolute Gasteiger partial charge is 0.493 e. The van der Waals surface area contributed by atoms with Crippen molar-refractivity contribution in [1.29, 1.82) is 0 Å². The molecule has 3 rings (SSSR count). The summed E-state index contributed by atoms with van der Waals surface area (Å²) in [6, 6.07) is 12.5. The molecule has 0 aromatic heterocycles. The smallest absolute Gasteiger partial charge is 0.203 e. The zero-order chi connectivity index (χ0) is 16.4. The van der Waals surface area contributed by atoms with Crippen LogP contribution in [0.3, 0.4) is 0 Å². The molecule has 1 unspecified atom stereocenters. The van der Waals surface area contributed by atoms with E-state index in [-0.39, 0.29) is 6.04 Å². The van der Waals surface area contributed by atoms with Gasteiger partial charge in [0.1, 0.15) is 6.04 Å². The zero-order valence-corrected chi connectivity index (χ0v) is 14.4. The zero-order valence-electron chi connectivity index (χ0n) is 13.6. The van der Waals surface area contributed by atoms with Crippen LogP contribution in [0.1, 0.15) is 17.2 Å². The summed E-state index contributed by atoms with van der Waals surface area (Å²) >= 11 is 1.74. The lowest BCUT2D eigenvalue weighted by atomic mass is 10.0. The highest BCUT2D eigenvalue weighted by Crippen LogP contribution is 2.43. The van der Waals surface area contributed by atoms with Crippen molar-refractivity contribution in [3.63, 3.8) is 0 Å². The third-order valence-corrected chi connectivity index (χ3v) is 4.60. The fourth-order valence-electron chi connectivity index (χ4n) is 2.58. The minimum absolute atomic E-state index is 0.119. The maximum atomic E-state index is 5.41. The molecular weight excluding hydrogens is 310 g/mol. The first-order valence-corrected chi connectivity index (χ1v) is 8.46. The van der Waals surface area contributed by atoms with Crippen LogP contribution in [0.2, 0.25) is 0 Å². The van der Waals surface area contributed by atoms with Crippen LogP contribution in [0, 0.1) is 0 Å². The quantitative estimate of drug-likeness (QED) is 0.752. The van der Waals surface area contributed by atoms with Gasteiger partial charge in [0.25, 0.3) is 0 Å². The number of hydrogen-bond acceptors (Lipinski definition) is 5. The van der Waals surface area contributed by atoms with Gasteiger partial charge in [0.15, 0.2) is 11.5 Å². The van der Waals surface area contributed by atoms with E-state index in [1.807, 2.05) is 12.1 Å². The lowest BCUT2D eigenvalue weighted by Crippen LogP contribution is -1.99. The molecule has 0 spiro atoms. The summed E-state index contributed by atoms with van der Waals surface area (Å²) in [5, 5.41) is 0. The minimum Gasteiger partial charge on any atom is -0.493 e. The molecule has 1 atom stereocenters. The molecular formula is C18H19NO3S. The summed E-state index contributed by atoms with van der Waals surface area (Å²) in [7, 11) is 4.84. The fraction of sp³-hybridized carbons (Fsp3) is 0.278. The van der Waals surface area contributed by atoms with Crippen LogP contribution >= 0.6 is 11.8 Å². The van der Waals surface area contributed by atoms with Crippen molar-refractivity contribution >= 4 is 17.5 Å². The second-order valence-electron chi connectivity index (χ2n) is 5.10. The molecule has 0 saturated heterocycles. The van der Waals surface area contributed by atoms with Crippen LogP contribution in [-0.4, -0.2) is 33.3 Å². The van der Waals surface area contributed by atoms with Crippen LogP contribution in [0.5, 0.6) is 17.2 Å². The fourth-order valence-corrected chi connectivity index (χ4v) is 2.99. The Morgan fingerprint density at radius 1 is 0.913 bits per heavy atom. The summed E-state index contributed by atoms with van der Waals surface area (Å²) in [6.07, 6.45) is 2.07. The number of rotatable bonds is 6. The second-order valence-corrected chi connectivity index (χ2v) is 5.98. The molecule has 5 heteroatoms. The number of nitrogens with zero attached hydrogens (tertiary/aromatic N) is 1. The number of thioether (sulfide) groups is 1. The molecule has 0 aliphatic carbocycles. The van der Waals surface area contributed by atoms with Crippen LogP contribution in [0.4, 0.5) is 0 Å². The Labute approximate surface area is 140 Å². The van der Waals surface area contributed by atoms with E-state index >= 15 is 0 Å². The van der Waals surface area contributed by atoms with Crippen LogP contribution in [0.25, 0.3) is 0 Å². The highest BCUT2D eigenvalue weighted by molar-refractivity contribution is 7.98. The monoisotopic (exact) mass is 329 g/mol. The van der Waals surface area contributed by atoms with Crippen LogP contribution in [0.15, 0.2) is 46.3 Å². The molecule has 0 fully saturated rings. The minimum atomic E-state index is 0.119. The molecule has 23 heavy (non-hydrogen) atoms. The molecule has 1 heterocycles. The van der Waals surface area contributed by atoms with Crippen molar-refractivity contribution in [1.82, 2.24) is 0 Å². The number of ether oxygens (including phenoxy) is 3. The van der Waals surface area contributed by atoms with E-state index in [4.69, 9.17) is 14.2 Å². The van der Waals surface area contributed by atoms with Gasteiger partial charge < -0.3 is 14.2 Å². The van der Waals surface area contributed by atoms with Crippen molar-refractivity contribution in [3.8, 4) is 17.2 Å². The van der Waals surface area contributed by atoms with E-state index in [1.54, 1.807) is 33.1 Å². The van der Waals surface area contributed by atoms with Crippen molar-refractivity contribution in [3.05, 3.63) is 47.5 Å². The first-order valence-electron chi connectivity index (χ1n) is 7.23. The van der Waals surface area contributed by atoms with Gasteiger partial charge in [-0.2, -0.15) is 0 Å². The van der Waals surface area contributed by atoms with Gasteiger partial charge >= 0.3 is 0 Å². The lowest BCUT2D eigenvalue weighted by molar-refractivity contribution is 0.324. The highest BCUT2D eigenvalue weighted by Gasteiger charge is 2.32. The molecule has 0 amide bonds. The summed E-state index contributed by atoms with van der Waals surface area (Å²) in [4.78, 5) is 5.87. The topological polar surface area (TPSA) is 40.0 Å². The van der Waals surface area contributed by atoms with Gasteiger partial charge in [-0.05, 0) is 36.1 Å². The predicted octanol–water partition coefficient (Wildman–Crippen LogP) is 3.98. The van der Waals surface area contributed by atoms with Gasteiger partial charge in [0, 0.05) is 10.5 Å². The molecule has 0 saturated carbocycles. The Hall–Kier alpha value is -2.14. The third-order valence-electron chi connectivity index (χ3n) is 3.85. The van der Waals surface area contributed by atoms with E-state index in [0.29, 0.717) is 17.2 Å². The van der Waals surface area contributed by atoms with Crippen molar-refractivity contribution in [2.45, 2.75) is 10.9 Å².